The van der Waals surface area contributed by atoms with E-state index in [0.717, 1.165) is 39.7 Å². The van der Waals surface area contributed by atoms with Crippen molar-refractivity contribution in [3.05, 3.63) is 89.6 Å². The molecule has 0 bridgehead atoms. The van der Waals surface area contributed by atoms with E-state index < -0.39 is 5.97 Å². The lowest BCUT2D eigenvalue weighted by molar-refractivity contribution is -0.124. The zero-order valence-electron chi connectivity index (χ0n) is 16.6. The quantitative estimate of drug-likeness (QED) is 0.500. The molecule has 1 heterocycles. The topological polar surface area (TPSA) is 68.3 Å². The van der Waals surface area contributed by atoms with E-state index in [1.54, 1.807) is 6.08 Å². The molecule has 1 aliphatic carbocycles. The van der Waals surface area contributed by atoms with Gasteiger partial charge in [0.05, 0.1) is 16.8 Å². The van der Waals surface area contributed by atoms with Crippen molar-refractivity contribution in [1.82, 2.24) is 10.3 Å². The van der Waals surface area contributed by atoms with Crippen molar-refractivity contribution >= 4 is 34.4 Å². The van der Waals surface area contributed by atoms with Crippen LogP contribution in [0, 0.1) is 0 Å². The highest BCUT2D eigenvalue weighted by Crippen LogP contribution is 2.37. The van der Waals surface area contributed by atoms with Gasteiger partial charge < -0.3 is 10.1 Å². The standard InChI is InChI=1S/C25H22N2O3/c1-2-14-26-22(28)16-30-25(29)23-19-10-6-7-11-21(19)27-24-18(12-13-20(23)24)15-17-8-4-3-5-9-17/h2-11,15H,1,12-14,16H2,(H,26,28). The zero-order valence-corrected chi connectivity index (χ0v) is 16.6. The van der Waals surface area contributed by atoms with E-state index in [1.165, 1.54) is 0 Å². The van der Waals surface area contributed by atoms with Gasteiger partial charge >= 0.3 is 5.97 Å². The molecule has 1 amide bonds. The third-order valence-electron chi connectivity index (χ3n) is 5.06. The number of hydrogen-bond donors (Lipinski definition) is 1. The van der Waals surface area contributed by atoms with E-state index in [4.69, 9.17) is 9.72 Å². The van der Waals surface area contributed by atoms with Crippen LogP contribution in [0.3, 0.4) is 0 Å². The molecule has 30 heavy (non-hydrogen) atoms. The Morgan fingerprint density at radius 1 is 1.07 bits per heavy atom. The Morgan fingerprint density at radius 3 is 2.63 bits per heavy atom. The number of para-hydroxylation sites is 1. The Bertz CT molecular complexity index is 1150. The van der Waals surface area contributed by atoms with Gasteiger partial charge in [0.15, 0.2) is 6.61 Å². The van der Waals surface area contributed by atoms with E-state index in [0.29, 0.717) is 18.5 Å². The second kappa shape index (κ2) is 8.74. The second-order valence-electron chi connectivity index (χ2n) is 7.08. The fraction of sp³-hybridized carbons (Fsp3) is 0.160. The maximum absolute atomic E-state index is 13.0. The summed E-state index contributed by atoms with van der Waals surface area (Å²) >= 11 is 0. The number of aromatic nitrogens is 1. The van der Waals surface area contributed by atoms with Crippen LogP contribution < -0.4 is 5.32 Å². The lowest BCUT2D eigenvalue weighted by Crippen LogP contribution is -2.29. The molecule has 1 N–H and O–H groups in total. The third kappa shape index (κ3) is 4.01. The SMILES string of the molecule is C=CCNC(=O)COC(=O)c1c2c(nc3ccccc13)C(=Cc1ccccc1)CC2. The third-order valence-corrected chi connectivity index (χ3v) is 5.06. The average Bonchev–Trinajstić information content (AvgIpc) is 3.17. The van der Waals surface area contributed by atoms with E-state index >= 15 is 0 Å². The van der Waals surface area contributed by atoms with Crippen LogP contribution in [0.5, 0.6) is 0 Å². The number of hydrogen-bond acceptors (Lipinski definition) is 4. The summed E-state index contributed by atoms with van der Waals surface area (Å²) in [7, 11) is 0. The molecule has 2 aromatic carbocycles. The molecule has 5 nitrogen and oxygen atoms in total. The number of carbonyl (C=O) groups is 2. The van der Waals surface area contributed by atoms with E-state index in [-0.39, 0.29) is 12.5 Å². The van der Waals surface area contributed by atoms with Crippen molar-refractivity contribution in [2.24, 2.45) is 0 Å². The van der Waals surface area contributed by atoms with Crippen LogP contribution in [0.4, 0.5) is 0 Å². The summed E-state index contributed by atoms with van der Waals surface area (Å²) < 4.78 is 5.34. The van der Waals surface area contributed by atoms with Crippen LogP contribution in [-0.4, -0.2) is 30.0 Å². The number of rotatable bonds is 6. The van der Waals surface area contributed by atoms with Gasteiger partial charge in [-0.1, -0.05) is 54.6 Å². The van der Waals surface area contributed by atoms with E-state index in [9.17, 15) is 9.59 Å². The molecule has 5 heteroatoms. The van der Waals surface area contributed by atoms with Crippen molar-refractivity contribution in [3.63, 3.8) is 0 Å². The lowest BCUT2D eigenvalue weighted by Gasteiger charge is -2.12. The second-order valence-corrected chi connectivity index (χ2v) is 7.08. The molecule has 4 rings (SSSR count). The Hall–Kier alpha value is -3.73. The highest BCUT2D eigenvalue weighted by atomic mass is 16.5. The Labute approximate surface area is 175 Å². The molecule has 0 saturated heterocycles. The largest absolute Gasteiger partial charge is 0.452 e. The molecule has 0 saturated carbocycles. The highest BCUT2D eigenvalue weighted by molar-refractivity contribution is 6.07. The van der Waals surface area contributed by atoms with Gasteiger partial charge in [0.25, 0.3) is 5.91 Å². The number of amides is 1. The van der Waals surface area contributed by atoms with Crippen molar-refractivity contribution in [1.29, 1.82) is 0 Å². The fourth-order valence-corrected chi connectivity index (χ4v) is 3.70. The van der Waals surface area contributed by atoms with Gasteiger partial charge in [0.1, 0.15) is 0 Å². The smallest absolute Gasteiger partial charge is 0.339 e. The molecule has 0 unspecified atom stereocenters. The number of fused-ring (bicyclic) bond motifs is 2. The number of nitrogens with zero attached hydrogens (tertiary/aromatic N) is 1. The number of pyridine rings is 1. The number of carbonyl (C=O) groups excluding carboxylic acids is 2. The molecule has 3 aromatic rings. The summed E-state index contributed by atoms with van der Waals surface area (Å²) in [5.74, 6) is -0.859. The van der Waals surface area contributed by atoms with Crippen LogP contribution in [0.15, 0.2) is 67.3 Å². The van der Waals surface area contributed by atoms with E-state index in [2.05, 4.69) is 18.0 Å². The maximum Gasteiger partial charge on any atom is 0.339 e. The normalized spacial score (nSPS) is 13.8. The molecule has 150 valence electrons. The maximum atomic E-state index is 13.0. The van der Waals surface area contributed by atoms with Gasteiger partial charge in [-0.3, -0.25) is 4.79 Å². The van der Waals surface area contributed by atoms with Crippen molar-refractivity contribution in [2.75, 3.05) is 13.2 Å². The predicted octanol–water partition coefficient (Wildman–Crippen LogP) is 4.18. The molecule has 0 fully saturated rings. The minimum absolute atomic E-state index is 0.329. The van der Waals surface area contributed by atoms with E-state index in [1.807, 2.05) is 54.6 Å². The Morgan fingerprint density at radius 2 is 1.83 bits per heavy atom. The van der Waals surface area contributed by atoms with Gasteiger partial charge in [-0.05, 0) is 41.7 Å². The van der Waals surface area contributed by atoms with Crippen molar-refractivity contribution in [2.45, 2.75) is 12.8 Å². The molecule has 1 aromatic heterocycles. The summed E-state index contributed by atoms with van der Waals surface area (Å²) in [6, 6.07) is 17.6. The first-order chi connectivity index (χ1) is 14.7. The molecule has 0 aliphatic heterocycles. The molecule has 0 radical (unpaired) electrons. The molecule has 1 aliphatic rings. The predicted molar refractivity (Wildman–Crippen MR) is 118 cm³/mol. The van der Waals surface area contributed by atoms with Crippen LogP contribution >= 0.6 is 0 Å². The summed E-state index contributed by atoms with van der Waals surface area (Å²) in [5.41, 5.74) is 5.15. The van der Waals surface area contributed by atoms with Gasteiger partial charge in [0, 0.05) is 11.9 Å². The van der Waals surface area contributed by atoms with Gasteiger partial charge in [-0.25, -0.2) is 9.78 Å². The van der Waals surface area contributed by atoms with Crippen molar-refractivity contribution < 1.29 is 14.3 Å². The van der Waals surface area contributed by atoms with Crippen LogP contribution in [0.2, 0.25) is 0 Å². The summed E-state index contributed by atoms with van der Waals surface area (Å²) in [5, 5.41) is 3.35. The van der Waals surface area contributed by atoms with Crippen LogP contribution in [-0.2, 0) is 16.0 Å². The number of ether oxygens (including phenoxy) is 1. The Kier molecular flexibility index (Phi) is 5.70. The lowest BCUT2D eigenvalue weighted by atomic mass is 10.0. The summed E-state index contributed by atoms with van der Waals surface area (Å²) in [6.45, 7) is 3.55. The fourth-order valence-electron chi connectivity index (χ4n) is 3.70. The van der Waals surface area contributed by atoms with Crippen LogP contribution in [0.25, 0.3) is 22.6 Å². The highest BCUT2D eigenvalue weighted by Gasteiger charge is 2.27. The number of allylic oxidation sites excluding steroid dienone is 1. The van der Waals surface area contributed by atoms with Gasteiger partial charge in [-0.15, -0.1) is 6.58 Å². The van der Waals surface area contributed by atoms with Gasteiger partial charge in [0.2, 0.25) is 0 Å². The molecular formula is C25H22N2O3. The average molecular weight is 398 g/mol. The molecule has 0 spiro atoms. The zero-order chi connectivity index (χ0) is 20.9. The molecule has 0 atom stereocenters. The monoisotopic (exact) mass is 398 g/mol. The number of benzene rings is 2. The number of esters is 1. The Balaban J connectivity index is 1.71. The van der Waals surface area contributed by atoms with Gasteiger partial charge in [-0.2, -0.15) is 0 Å². The first-order valence-corrected chi connectivity index (χ1v) is 9.89. The van der Waals surface area contributed by atoms with Crippen molar-refractivity contribution in [3.8, 4) is 0 Å². The summed E-state index contributed by atoms with van der Waals surface area (Å²) in [4.78, 5) is 29.7. The van der Waals surface area contributed by atoms with Crippen LogP contribution in [0.1, 0.15) is 33.6 Å². The summed E-state index contributed by atoms with van der Waals surface area (Å²) in [6.07, 6.45) is 5.20. The first kappa shape index (κ1) is 19.6. The first-order valence-electron chi connectivity index (χ1n) is 9.89. The molecular weight excluding hydrogens is 376 g/mol. The minimum atomic E-state index is -0.500. The number of nitrogens with one attached hydrogen (secondary N) is 1. The minimum Gasteiger partial charge on any atom is -0.452 e.